The van der Waals surface area contributed by atoms with Crippen molar-refractivity contribution in [3.8, 4) is 0 Å². The van der Waals surface area contributed by atoms with Crippen LogP contribution in [0, 0.1) is 0 Å². The van der Waals surface area contributed by atoms with Crippen LogP contribution in [0.1, 0.15) is 0 Å². The normalized spacial score (nSPS) is 24.2. The van der Waals surface area contributed by atoms with E-state index in [0.717, 1.165) is 0 Å². The Morgan fingerprint density at radius 3 is 2.00 bits per heavy atom. The maximum absolute atomic E-state index is 11.6. The van der Waals surface area contributed by atoms with E-state index < -0.39 is 28.1 Å². The summed E-state index contributed by atoms with van der Waals surface area (Å²) < 4.78 is 23.8. The highest BCUT2D eigenvalue weighted by Crippen LogP contribution is 2.63. The molecule has 2 heterocycles. The summed E-state index contributed by atoms with van der Waals surface area (Å²) in [5, 5.41) is 7.66. The molecule has 88 valence electrons. The Bertz CT molecular complexity index is 716. The zero-order valence-electron chi connectivity index (χ0n) is 7.99. The summed E-state index contributed by atoms with van der Waals surface area (Å²) in [6, 6.07) is 0. The highest BCUT2D eigenvalue weighted by Gasteiger charge is 2.40. The van der Waals surface area contributed by atoms with E-state index in [4.69, 9.17) is 5.14 Å². The van der Waals surface area contributed by atoms with Crippen LogP contribution in [0.15, 0.2) is 32.6 Å². The summed E-state index contributed by atoms with van der Waals surface area (Å²) in [5.74, 6) is 3.59. The van der Waals surface area contributed by atoms with Crippen molar-refractivity contribution >= 4 is 22.9 Å². The molecule has 0 amide bonds. The van der Waals surface area contributed by atoms with Crippen LogP contribution in [0.3, 0.4) is 0 Å². The quantitative estimate of drug-likeness (QED) is 0.394. The zero-order valence-corrected chi connectivity index (χ0v) is 9.62. The van der Waals surface area contributed by atoms with Crippen molar-refractivity contribution in [2.24, 2.45) is 5.14 Å². The Morgan fingerprint density at radius 2 is 1.69 bits per heavy atom. The van der Waals surface area contributed by atoms with Crippen LogP contribution in [-0.2, 0) is 9.06 Å². The van der Waals surface area contributed by atoms with E-state index in [2.05, 4.69) is 10.7 Å². The third kappa shape index (κ3) is 1.19. The maximum atomic E-state index is 11.6. The fraction of sp³-hybridized carbons (Fsp3) is 0. The first-order chi connectivity index (χ1) is 7.18. The monoisotopic (exact) mass is 263 g/mol. The number of nitrogens with one attached hydrogen (secondary N) is 1. The number of hydrogen-bond acceptors (Lipinski definition) is 5. The first kappa shape index (κ1) is 11.0. The smallest absolute Gasteiger partial charge is 0.266 e. The molecule has 1 aliphatic rings. The van der Waals surface area contributed by atoms with Crippen molar-refractivity contribution in [3.05, 3.63) is 43.7 Å². The first-order valence-corrected chi connectivity index (χ1v) is 8.43. The molecular weight excluding hydrogens is 254 g/mol. The number of aromatic nitrogens is 1. The molecule has 0 saturated heterocycles. The zero-order chi connectivity index (χ0) is 12.2. The molecule has 3 N–H and O–H groups in total. The molecule has 1 aliphatic heterocycles. The van der Waals surface area contributed by atoms with Gasteiger partial charge in [0.05, 0.1) is 0 Å². The Hall–Kier alpha value is -1.45. The molecule has 0 spiro atoms. The van der Waals surface area contributed by atoms with E-state index in [9.17, 15) is 18.0 Å². The molecule has 2 rings (SSSR count). The van der Waals surface area contributed by atoms with Gasteiger partial charge in [-0.3, -0.25) is 14.4 Å². The second-order valence-electron chi connectivity index (χ2n) is 3.43. The van der Waals surface area contributed by atoms with Gasteiger partial charge in [0.1, 0.15) is 0 Å². The summed E-state index contributed by atoms with van der Waals surface area (Å²) in [7, 11) is -7.85. The Balaban J connectivity index is 2.65. The highest BCUT2D eigenvalue weighted by molar-refractivity contribution is 9.00. The van der Waals surface area contributed by atoms with E-state index in [0.29, 0.717) is 4.68 Å². The minimum absolute atomic E-state index is 0.597. The molecule has 1 aromatic rings. The van der Waals surface area contributed by atoms with E-state index in [1.807, 2.05) is 0 Å². The molecule has 16 heavy (non-hydrogen) atoms. The van der Waals surface area contributed by atoms with Crippen LogP contribution < -0.4 is 21.1 Å². The van der Waals surface area contributed by atoms with Gasteiger partial charge in [-0.1, -0.05) is 18.0 Å². The molecule has 0 aromatic carbocycles. The minimum atomic E-state index is -4.10. The van der Waals surface area contributed by atoms with Gasteiger partial charge in [0.2, 0.25) is 0 Å². The average molecular weight is 263 g/mol. The molecule has 1 aromatic heterocycles. The molecule has 0 saturated carbocycles. The molecule has 0 radical (unpaired) electrons. The summed E-state index contributed by atoms with van der Waals surface area (Å²) in [6.45, 7) is 0. The third-order valence-electron chi connectivity index (χ3n) is 2.25. The standard InChI is InChI=1S/C7H9N3O4S2/c1-16(15(8,13)14,4-2-3-5-16)9-10-6(11)7(10)12/h2-5,9H,1H2,(H2,8,13,14). The molecule has 0 atom stereocenters. The molecule has 7 nitrogen and oxygen atoms in total. The predicted molar refractivity (Wildman–Crippen MR) is 64.8 cm³/mol. The SMILES string of the molecule is C=S1(Nn2c(=O)c2=O)(S(N)(=O)=O)C=CC=C1. The number of nitrogens with two attached hydrogens (primary N) is 1. The van der Waals surface area contributed by atoms with Gasteiger partial charge in [0.25, 0.3) is 9.06 Å². The van der Waals surface area contributed by atoms with Crippen molar-refractivity contribution in [1.82, 2.24) is 4.68 Å². The Morgan fingerprint density at radius 1 is 1.25 bits per heavy atom. The van der Waals surface area contributed by atoms with Crippen LogP contribution in [0.2, 0.25) is 0 Å². The van der Waals surface area contributed by atoms with Gasteiger partial charge in [0.15, 0.2) is 0 Å². The Labute approximate surface area is 90.0 Å². The maximum Gasteiger partial charge on any atom is 0.340 e. The van der Waals surface area contributed by atoms with Gasteiger partial charge in [-0.2, -0.15) is 4.68 Å². The predicted octanol–water partition coefficient (Wildman–Crippen LogP) is -1.44. The lowest BCUT2D eigenvalue weighted by molar-refractivity contribution is 0.611. The molecule has 0 unspecified atom stereocenters. The number of rotatable bonds is 3. The van der Waals surface area contributed by atoms with Crippen molar-refractivity contribution in [1.29, 1.82) is 0 Å². The summed E-state index contributed by atoms with van der Waals surface area (Å²) in [4.78, 5) is 24.0. The van der Waals surface area contributed by atoms with Crippen LogP contribution in [0.5, 0.6) is 0 Å². The fourth-order valence-electron chi connectivity index (χ4n) is 1.17. The van der Waals surface area contributed by atoms with Crippen molar-refractivity contribution in [3.63, 3.8) is 0 Å². The van der Waals surface area contributed by atoms with Crippen LogP contribution in [0.4, 0.5) is 0 Å². The lowest BCUT2D eigenvalue weighted by atomic mass is 10.6. The van der Waals surface area contributed by atoms with Crippen LogP contribution in [-0.4, -0.2) is 19.0 Å². The van der Waals surface area contributed by atoms with Crippen molar-refractivity contribution in [2.45, 2.75) is 0 Å². The number of hydrogen-bond donors (Lipinski definition) is 2. The van der Waals surface area contributed by atoms with Gasteiger partial charge < -0.3 is 0 Å². The van der Waals surface area contributed by atoms with Gasteiger partial charge in [-0.15, -0.1) is 0 Å². The molecule has 9 heteroatoms. The Kier molecular flexibility index (Phi) is 1.81. The molecular formula is C7H9N3O4S2. The van der Waals surface area contributed by atoms with E-state index in [-0.39, 0.29) is 0 Å². The first-order valence-electron chi connectivity index (χ1n) is 4.03. The van der Waals surface area contributed by atoms with Gasteiger partial charge in [-0.25, -0.2) is 13.6 Å². The highest BCUT2D eigenvalue weighted by atomic mass is 33.2. The second kappa shape index (κ2) is 2.62. The number of allylic oxidation sites excluding steroid dienone is 2. The van der Waals surface area contributed by atoms with Gasteiger partial charge in [-0.05, 0) is 18.8 Å². The lowest BCUT2D eigenvalue weighted by Gasteiger charge is -2.38. The molecule has 0 bridgehead atoms. The lowest BCUT2D eigenvalue weighted by Crippen LogP contribution is -2.32. The number of nitrogens with zero attached hydrogens (tertiary/aromatic N) is 1. The van der Waals surface area contributed by atoms with E-state index in [1.54, 1.807) is 0 Å². The molecule has 0 aliphatic carbocycles. The third-order valence-corrected chi connectivity index (χ3v) is 9.64. The summed E-state index contributed by atoms with van der Waals surface area (Å²) in [5.41, 5.74) is -1.61. The fourth-order valence-corrected chi connectivity index (χ4v) is 5.10. The second-order valence-corrected chi connectivity index (χ2v) is 11.4. The molecule has 0 fully saturated rings. The van der Waals surface area contributed by atoms with E-state index in [1.165, 1.54) is 23.0 Å². The topological polar surface area (TPSA) is 111 Å². The average Bonchev–Trinajstić information content (AvgIpc) is 2.63. The summed E-state index contributed by atoms with van der Waals surface area (Å²) in [6.07, 6.45) is 2.90. The van der Waals surface area contributed by atoms with Crippen LogP contribution >= 0.6 is 7.97 Å². The summed E-state index contributed by atoms with van der Waals surface area (Å²) >= 11 is 0. The van der Waals surface area contributed by atoms with Gasteiger partial charge >= 0.3 is 11.1 Å². The van der Waals surface area contributed by atoms with E-state index >= 15 is 0 Å². The van der Waals surface area contributed by atoms with Crippen molar-refractivity contribution in [2.75, 3.05) is 4.83 Å². The van der Waals surface area contributed by atoms with Crippen molar-refractivity contribution < 1.29 is 8.42 Å². The van der Waals surface area contributed by atoms with Crippen LogP contribution in [0.25, 0.3) is 0 Å². The van der Waals surface area contributed by atoms with Gasteiger partial charge in [0, 0.05) is 0 Å². The largest absolute Gasteiger partial charge is 0.340 e. The minimum Gasteiger partial charge on any atom is -0.266 e.